The Morgan fingerprint density at radius 1 is 1.11 bits per heavy atom. The van der Waals surface area contributed by atoms with Crippen LogP contribution >= 0.6 is 0 Å². The molecular formula is C22H24N4O2. The zero-order chi connectivity index (χ0) is 18.9. The van der Waals surface area contributed by atoms with Crippen molar-refractivity contribution in [3.8, 4) is 5.75 Å². The van der Waals surface area contributed by atoms with Crippen LogP contribution in [0.3, 0.4) is 0 Å². The fourth-order valence-corrected chi connectivity index (χ4v) is 4.12. The Bertz CT molecular complexity index is 934. The highest BCUT2D eigenvalue weighted by molar-refractivity contribution is 5.95. The number of carbonyl (C=O) groups excluding carboxylic acids is 1. The predicted octanol–water partition coefficient (Wildman–Crippen LogP) is 3.68. The molecule has 0 atom stereocenters. The quantitative estimate of drug-likeness (QED) is 0.867. The number of hydrogen-bond acceptors (Lipinski definition) is 5. The van der Waals surface area contributed by atoms with Gasteiger partial charge in [0.25, 0.3) is 5.91 Å². The van der Waals surface area contributed by atoms with E-state index in [-0.39, 0.29) is 5.91 Å². The Morgan fingerprint density at radius 3 is 2.89 bits per heavy atom. The summed E-state index contributed by atoms with van der Waals surface area (Å²) in [6, 6.07) is 8.24. The molecule has 6 nitrogen and oxygen atoms in total. The Balaban J connectivity index is 1.44. The molecule has 5 rings (SSSR count). The smallest absolute Gasteiger partial charge is 0.255 e. The Labute approximate surface area is 164 Å². The lowest BCUT2D eigenvalue weighted by molar-refractivity contribution is 0.0723. The lowest BCUT2D eigenvalue weighted by atomic mass is 10.1. The van der Waals surface area contributed by atoms with Gasteiger partial charge < -0.3 is 19.9 Å². The first kappa shape index (κ1) is 17.1. The summed E-state index contributed by atoms with van der Waals surface area (Å²) in [6.45, 7) is 3.83. The Kier molecular flexibility index (Phi) is 4.39. The number of ether oxygens (including phenoxy) is 1. The first-order valence-electron chi connectivity index (χ1n) is 10.0. The van der Waals surface area contributed by atoms with Crippen LogP contribution in [0.4, 0.5) is 17.2 Å². The molecule has 0 unspecified atom stereocenters. The average Bonchev–Trinajstić information content (AvgIpc) is 2.78. The topological polar surface area (TPSA) is 57.7 Å². The van der Waals surface area contributed by atoms with Crippen LogP contribution in [-0.4, -0.2) is 48.6 Å². The van der Waals surface area contributed by atoms with Gasteiger partial charge in [-0.2, -0.15) is 0 Å². The van der Waals surface area contributed by atoms with Crippen molar-refractivity contribution in [2.45, 2.75) is 19.3 Å². The summed E-state index contributed by atoms with van der Waals surface area (Å²) < 4.78 is 5.86. The van der Waals surface area contributed by atoms with Gasteiger partial charge in [0.2, 0.25) is 0 Å². The van der Waals surface area contributed by atoms with E-state index in [1.165, 1.54) is 12.0 Å². The van der Waals surface area contributed by atoms with Gasteiger partial charge in [-0.15, -0.1) is 0 Å². The summed E-state index contributed by atoms with van der Waals surface area (Å²) in [4.78, 5) is 21.5. The lowest BCUT2D eigenvalue weighted by Gasteiger charge is -2.31. The fraction of sp³-hybridized carbons (Fsp3) is 0.364. The minimum atomic E-state index is 0.0562. The Hall–Kier alpha value is -3.02. The third-order valence-corrected chi connectivity index (χ3v) is 5.61. The predicted molar refractivity (Wildman–Crippen MR) is 110 cm³/mol. The molecule has 3 aliphatic rings. The van der Waals surface area contributed by atoms with Crippen LogP contribution in [0, 0.1) is 0 Å². The molecule has 6 heteroatoms. The van der Waals surface area contributed by atoms with Crippen molar-refractivity contribution in [3.05, 3.63) is 47.7 Å². The number of aromatic nitrogens is 1. The molecule has 144 valence electrons. The Morgan fingerprint density at radius 2 is 2.00 bits per heavy atom. The summed E-state index contributed by atoms with van der Waals surface area (Å²) in [5.74, 6) is 1.51. The molecule has 0 aliphatic carbocycles. The first-order valence-corrected chi connectivity index (χ1v) is 10.0. The number of amides is 1. The molecule has 3 aliphatic heterocycles. The summed E-state index contributed by atoms with van der Waals surface area (Å²) in [5.41, 5.74) is 4.02. The van der Waals surface area contributed by atoms with Crippen molar-refractivity contribution in [1.29, 1.82) is 0 Å². The maximum absolute atomic E-state index is 12.8. The molecule has 1 aromatic heterocycles. The van der Waals surface area contributed by atoms with Crippen LogP contribution in [0.2, 0.25) is 0 Å². The van der Waals surface area contributed by atoms with E-state index >= 15 is 0 Å². The van der Waals surface area contributed by atoms with Gasteiger partial charge in [-0.1, -0.05) is 12.2 Å². The van der Waals surface area contributed by atoms with E-state index in [1.54, 1.807) is 6.20 Å². The molecule has 1 aromatic carbocycles. The number of nitrogens with one attached hydrogen (secondary N) is 1. The number of benzene rings is 1. The van der Waals surface area contributed by atoms with Crippen molar-refractivity contribution in [2.24, 2.45) is 0 Å². The molecule has 0 bridgehead atoms. The molecule has 0 radical (unpaired) electrons. The summed E-state index contributed by atoms with van der Waals surface area (Å²) >= 11 is 0. The summed E-state index contributed by atoms with van der Waals surface area (Å²) in [5, 5.41) is 3.38. The zero-order valence-electron chi connectivity index (χ0n) is 15.9. The van der Waals surface area contributed by atoms with Crippen molar-refractivity contribution >= 4 is 29.2 Å². The number of nitrogens with zero attached hydrogens (tertiary/aromatic N) is 3. The molecule has 1 N–H and O–H groups in total. The maximum Gasteiger partial charge on any atom is 0.255 e. The fourth-order valence-electron chi connectivity index (χ4n) is 4.12. The first-order chi connectivity index (χ1) is 13.8. The zero-order valence-corrected chi connectivity index (χ0v) is 15.9. The molecule has 2 aromatic rings. The van der Waals surface area contributed by atoms with Crippen molar-refractivity contribution in [1.82, 2.24) is 9.88 Å². The summed E-state index contributed by atoms with van der Waals surface area (Å²) in [7, 11) is 0. The van der Waals surface area contributed by atoms with E-state index in [4.69, 9.17) is 4.74 Å². The van der Waals surface area contributed by atoms with Gasteiger partial charge in [-0.05, 0) is 49.1 Å². The normalized spacial score (nSPS) is 18.0. The minimum absolute atomic E-state index is 0.0562. The van der Waals surface area contributed by atoms with Crippen LogP contribution in [0.5, 0.6) is 5.75 Å². The molecule has 0 saturated carbocycles. The van der Waals surface area contributed by atoms with Gasteiger partial charge >= 0.3 is 0 Å². The largest absolute Gasteiger partial charge is 0.488 e. The van der Waals surface area contributed by atoms with Gasteiger partial charge in [0.05, 0.1) is 12.1 Å². The second-order valence-corrected chi connectivity index (χ2v) is 7.45. The van der Waals surface area contributed by atoms with E-state index in [1.807, 2.05) is 11.0 Å². The van der Waals surface area contributed by atoms with E-state index in [0.29, 0.717) is 17.9 Å². The molecule has 1 amide bonds. The van der Waals surface area contributed by atoms with Crippen LogP contribution in [-0.2, 0) is 0 Å². The number of likely N-dealkylation sites (tertiary alicyclic amines) is 1. The maximum atomic E-state index is 12.8. The third-order valence-electron chi connectivity index (χ3n) is 5.61. The molecule has 0 spiro atoms. The molecule has 4 heterocycles. The van der Waals surface area contributed by atoms with Crippen molar-refractivity contribution in [3.63, 3.8) is 0 Å². The van der Waals surface area contributed by atoms with Crippen molar-refractivity contribution in [2.75, 3.05) is 43.0 Å². The highest BCUT2D eigenvalue weighted by atomic mass is 16.5. The van der Waals surface area contributed by atoms with Gasteiger partial charge in [0, 0.05) is 37.2 Å². The summed E-state index contributed by atoms with van der Waals surface area (Å²) in [6.07, 6.45) is 9.32. The number of rotatable bonds is 2. The number of carbonyl (C=O) groups is 1. The molecule has 1 fully saturated rings. The molecular weight excluding hydrogens is 352 g/mol. The van der Waals surface area contributed by atoms with Gasteiger partial charge in [0.1, 0.15) is 6.61 Å². The van der Waals surface area contributed by atoms with E-state index in [9.17, 15) is 4.79 Å². The highest BCUT2D eigenvalue weighted by Crippen LogP contribution is 2.37. The van der Waals surface area contributed by atoms with Crippen LogP contribution in [0.15, 0.2) is 36.5 Å². The SMILES string of the molecule is O=C(c1cnc2c(c1)OCCN2c1ccc2c(c1)C=CCN2)N1CCCCC1. The number of anilines is 3. The number of piperidine rings is 1. The molecule has 1 saturated heterocycles. The average molecular weight is 376 g/mol. The number of hydrogen-bond donors (Lipinski definition) is 1. The molecule has 28 heavy (non-hydrogen) atoms. The second-order valence-electron chi connectivity index (χ2n) is 7.45. The van der Waals surface area contributed by atoms with Crippen molar-refractivity contribution < 1.29 is 9.53 Å². The standard InChI is InChI=1S/C22H24N4O2/c27-22(25-9-2-1-3-10-25)17-14-20-21(24-15-17)26(11-12-28-20)18-6-7-19-16(13-18)5-4-8-23-19/h4-7,13-15,23H,1-3,8-12H2. The number of fused-ring (bicyclic) bond motifs is 2. The third kappa shape index (κ3) is 3.09. The van der Waals surface area contributed by atoms with Gasteiger partial charge in [0.15, 0.2) is 11.6 Å². The highest BCUT2D eigenvalue weighted by Gasteiger charge is 2.25. The lowest BCUT2D eigenvalue weighted by Crippen LogP contribution is -2.36. The van der Waals surface area contributed by atoms with E-state index in [0.717, 1.165) is 56.2 Å². The van der Waals surface area contributed by atoms with Gasteiger partial charge in [-0.25, -0.2) is 4.98 Å². The monoisotopic (exact) mass is 376 g/mol. The van der Waals surface area contributed by atoms with E-state index < -0.39 is 0 Å². The van der Waals surface area contributed by atoms with E-state index in [2.05, 4.69) is 45.6 Å². The van der Waals surface area contributed by atoms with Crippen LogP contribution < -0.4 is 15.0 Å². The minimum Gasteiger partial charge on any atom is -0.488 e. The van der Waals surface area contributed by atoms with Crippen LogP contribution in [0.1, 0.15) is 35.2 Å². The van der Waals surface area contributed by atoms with Gasteiger partial charge in [-0.3, -0.25) is 4.79 Å². The second kappa shape index (κ2) is 7.19. The van der Waals surface area contributed by atoms with Crippen LogP contribution in [0.25, 0.3) is 6.08 Å². The number of pyridine rings is 1.